The Bertz CT molecular complexity index is 1100. The van der Waals surface area contributed by atoms with Gasteiger partial charge in [0.2, 0.25) is 0 Å². The van der Waals surface area contributed by atoms with Crippen molar-refractivity contribution in [2.24, 2.45) is 4.99 Å². The van der Waals surface area contributed by atoms with Gasteiger partial charge in [-0.15, -0.1) is 0 Å². The van der Waals surface area contributed by atoms with E-state index in [1.54, 1.807) is 17.2 Å². The van der Waals surface area contributed by atoms with Gasteiger partial charge < -0.3 is 4.90 Å². The van der Waals surface area contributed by atoms with E-state index in [9.17, 15) is 0 Å². The largest absolute Gasteiger partial charge is 0.371 e. The second-order valence-electron chi connectivity index (χ2n) is 8.78. The lowest BCUT2D eigenvalue weighted by atomic mass is 10.1. The summed E-state index contributed by atoms with van der Waals surface area (Å²) in [4.78, 5) is 8.48. The number of rotatable bonds is 8. The smallest absolute Gasteiger partial charge is 0.0949 e. The highest BCUT2D eigenvalue weighted by molar-refractivity contribution is 5.92. The molecule has 0 saturated carbocycles. The minimum atomic E-state index is 0.984. The minimum Gasteiger partial charge on any atom is -0.371 e. The lowest BCUT2D eigenvalue weighted by Crippen LogP contribution is -2.24. The highest BCUT2D eigenvalue weighted by Crippen LogP contribution is 2.27. The van der Waals surface area contributed by atoms with Gasteiger partial charge in [0.1, 0.15) is 0 Å². The van der Waals surface area contributed by atoms with Gasteiger partial charge in [0, 0.05) is 36.5 Å². The van der Waals surface area contributed by atoms with Crippen LogP contribution in [0.2, 0.25) is 0 Å². The number of nitrogens with zero attached hydrogens (tertiary/aromatic N) is 5. The van der Waals surface area contributed by atoms with Crippen LogP contribution in [-0.2, 0) is 6.42 Å². The second-order valence-corrected chi connectivity index (χ2v) is 8.78. The quantitative estimate of drug-likeness (QED) is 0.336. The number of benzene rings is 2. The molecule has 35 heavy (non-hydrogen) atoms. The Morgan fingerprint density at radius 2 is 1.57 bits per heavy atom. The van der Waals surface area contributed by atoms with Crippen LogP contribution in [0, 0.1) is 13.8 Å². The summed E-state index contributed by atoms with van der Waals surface area (Å²) < 4.78 is 0. The normalized spacial score (nSPS) is 11.5. The van der Waals surface area contributed by atoms with Crippen molar-refractivity contribution in [1.29, 1.82) is 0 Å². The first-order valence-corrected chi connectivity index (χ1v) is 13.0. The fraction of sp³-hybridized carbons (Fsp3) is 0.433. The molecule has 1 aliphatic heterocycles. The van der Waals surface area contributed by atoms with Crippen molar-refractivity contribution >= 4 is 17.1 Å². The van der Waals surface area contributed by atoms with Gasteiger partial charge in [0.25, 0.3) is 0 Å². The first kappa shape index (κ1) is 28.0. The summed E-state index contributed by atoms with van der Waals surface area (Å²) in [7, 11) is 0. The Kier molecular flexibility index (Phi) is 11.4. The first-order chi connectivity index (χ1) is 16.9. The Hall–Kier alpha value is -3.21. The van der Waals surface area contributed by atoms with Crippen molar-refractivity contribution in [2.75, 3.05) is 13.1 Å². The Balaban J connectivity index is 0.000000276. The van der Waals surface area contributed by atoms with Crippen LogP contribution in [0.5, 0.6) is 0 Å². The molecule has 0 atom stereocenters. The van der Waals surface area contributed by atoms with Gasteiger partial charge in [-0.1, -0.05) is 64.5 Å². The third-order valence-electron chi connectivity index (χ3n) is 5.75. The molecule has 5 heteroatoms. The molecule has 0 saturated heterocycles. The molecule has 0 fully saturated rings. The van der Waals surface area contributed by atoms with Crippen molar-refractivity contribution in [1.82, 2.24) is 19.9 Å². The van der Waals surface area contributed by atoms with Crippen LogP contribution in [0.25, 0.3) is 11.4 Å². The third kappa shape index (κ3) is 7.91. The lowest BCUT2D eigenvalue weighted by molar-refractivity contribution is 0.387. The van der Waals surface area contributed by atoms with E-state index in [4.69, 9.17) is 0 Å². The second kappa shape index (κ2) is 14.2. The molecular formula is C30H43N5. The van der Waals surface area contributed by atoms with Crippen LogP contribution in [-0.4, -0.2) is 38.7 Å². The van der Waals surface area contributed by atoms with E-state index in [0.29, 0.717) is 0 Å². The summed E-state index contributed by atoms with van der Waals surface area (Å²) in [5.74, 6) is 0. The maximum absolute atomic E-state index is 4.43. The summed E-state index contributed by atoms with van der Waals surface area (Å²) in [6, 6.07) is 12.8. The van der Waals surface area contributed by atoms with Gasteiger partial charge >= 0.3 is 0 Å². The fourth-order valence-corrected chi connectivity index (χ4v) is 4.01. The SMILES string of the molecule is C=C(c1cc(C)ccc1-n1nccn1)N(CCC)CCCC.CC.CC1=Nc2cc(C)ccc2C1. The number of fused-ring (bicyclic) bond motifs is 1. The van der Waals surface area contributed by atoms with Gasteiger partial charge in [0.05, 0.1) is 23.8 Å². The first-order valence-electron chi connectivity index (χ1n) is 13.0. The number of hydrogen-bond donors (Lipinski definition) is 0. The summed E-state index contributed by atoms with van der Waals surface area (Å²) in [5, 5.41) is 8.55. The van der Waals surface area contributed by atoms with Crippen LogP contribution >= 0.6 is 0 Å². The number of aromatic nitrogens is 3. The van der Waals surface area contributed by atoms with Crippen molar-refractivity contribution in [2.45, 2.75) is 74.1 Å². The number of aliphatic imine (C=N–C) groups is 1. The van der Waals surface area contributed by atoms with Gasteiger partial charge in [-0.3, -0.25) is 4.99 Å². The molecule has 0 spiro atoms. The van der Waals surface area contributed by atoms with Gasteiger partial charge in [-0.2, -0.15) is 15.0 Å². The van der Waals surface area contributed by atoms with Crippen LogP contribution in [0.1, 0.15) is 76.1 Å². The maximum atomic E-state index is 4.43. The number of unbranched alkanes of at least 4 members (excludes halogenated alkanes) is 1. The standard InChI is InChI=1S/C18H26N4.C10H11N.C2H6/c1-5-7-13-21(12-6-2)16(4)17-14-15(3)8-9-18(17)22-19-10-11-20-22;1-7-3-4-9-6-8(2)11-10(9)5-7;1-2/h8-11,14H,4-7,12-13H2,1-3H3;3-5H,6H2,1-2H3;1-2H3. The molecule has 1 aromatic heterocycles. The molecule has 2 heterocycles. The molecule has 0 radical (unpaired) electrons. The highest BCUT2D eigenvalue weighted by Gasteiger charge is 2.15. The molecule has 4 rings (SSSR count). The average Bonchev–Trinajstić information content (AvgIpc) is 3.52. The molecule has 0 N–H and O–H groups in total. The predicted molar refractivity (Wildman–Crippen MR) is 151 cm³/mol. The molecule has 0 amide bonds. The Morgan fingerprint density at radius 1 is 0.914 bits per heavy atom. The average molecular weight is 474 g/mol. The van der Waals surface area contributed by atoms with E-state index >= 15 is 0 Å². The highest BCUT2D eigenvalue weighted by atomic mass is 15.5. The predicted octanol–water partition coefficient (Wildman–Crippen LogP) is 7.73. The summed E-state index contributed by atoms with van der Waals surface area (Å²) >= 11 is 0. The van der Waals surface area contributed by atoms with Gasteiger partial charge in [-0.05, 0) is 62.9 Å². The number of hydrogen-bond acceptors (Lipinski definition) is 4. The van der Waals surface area contributed by atoms with E-state index in [0.717, 1.165) is 42.9 Å². The van der Waals surface area contributed by atoms with E-state index in [1.807, 2.05) is 13.8 Å². The van der Waals surface area contributed by atoms with Crippen molar-refractivity contribution in [3.63, 3.8) is 0 Å². The van der Waals surface area contributed by atoms with Gasteiger partial charge in [0.15, 0.2) is 0 Å². The molecular weight excluding hydrogens is 430 g/mol. The molecule has 0 aliphatic carbocycles. The molecule has 0 unspecified atom stereocenters. The number of aryl methyl sites for hydroxylation is 2. The summed E-state index contributed by atoms with van der Waals surface area (Å²) in [6.07, 6.45) is 7.93. The monoisotopic (exact) mass is 473 g/mol. The minimum absolute atomic E-state index is 0.984. The zero-order valence-corrected chi connectivity index (χ0v) is 22.8. The summed E-state index contributed by atoms with van der Waals surface area (Å²) in [5.41, 5.74) is 9.44. The molecule has 2 aromatic carbocycles. The zero-order chi connectivity index (χ0) is 25.8. The van der Waals surface area contributed by atoms with E-state index in [-0.39, 0.29) is 0 Å². The Labute approximate surface area is 212 Å². The van der Waals surface area contributed by atoms with E-state index < -0.39 is 0 Å². The van der Waals surface area contributed by atoms with Crippen molar-refractivity contribution < 1.29 is 0 Å². The maximum Gasteiger partial charge on any atom is 0.0949 e. The van der Waals surface area contributed by atoms with Crippen LogP contribution in [0.15, 0.2) is 60.4 Å². The van der Waals surface area contributed by atoms with E-state index in [1.165, 1.54) is 40.9 Å². The zero-order valence-electron chi connectivity index (χ0n) is 22.8. The van der Waals surface area contributed by atoms with E-state index in [2.05, 4.69) is 97.7 Å². The molecule has 1 aliphatic rings. The van der Waals surface area contributed by atoms with Crippen LogP contribution in [0.4, 0.5) is 5.69 Å². The Morgan fingerprint density at radius 3 is 2.23 bits per heavy atom. The van der Waals surface area contributed by atoms with Crippen LogP contribution in [0.3, 0.4) is 0 Å². The molecule has 3 aromatic rings. The third-order valence-corrected chi connectivity index (χ3v) is 5.75. The van der Waals surface area contributed by atoms with Crippen LogP contribution < -0.4 is 0 Å². The van der Waals surface area contributed by atoms with Gasteiger partial charge in [-0.25, -0.2) is 0 Å². The summed E-state index contributed by atoms with van der Waals surface area (Å²) in [6.45, 7) is 21.1. The molecule has 5 nitrogen and oxygen atoms in total. The van der Waals surface area contributed by atoms with Crippen molar-refractivity contribution in [3.05, 3.63) is 77.6 Å². The molecule has 0 bridgehead atoms. The fourth-order valence-electron chi connectivity index (χ4n) is 4.01. The topological polar surface area (TPSA) is 46.3 Å². The molecule has 188 valence electrons. The lowest BCUT2D eigenvalue weighted by Gasteiger charge is -2.27. The van der Waals surface area contributed by atoms with Crippen molar-refractivity contribution in [3.8, 4) is 5.69 Å².